The van der Waals surface area contributed by atoms with Crippen LogP contribution < -0.4 is 4.74 Å². The van der Waals surface area contributed by atoms with Crippen molar-refractivity contribution < 1.29 is 17.9 Å². The number of methoxy groups -OCH3 is 1. The highest BCUT2D eigenvalue weighted by Crippen LogP contribution is 2.37. The second-order valence-electron chi connectivity index (χ2n) is 6.99. The monoisotopic (exact) mass is 351 g/mol. The molecule has 0 aromatic heterocycles. The van der Waals surface area contributed by atoms with E-state index < -0.39 is 9.84 Å². The Morgan fingerprint density at radius 3 is 2.42 bits per heavy atom. The van der Waals surface area contributed by atoms with Crippen LogP contribution in [0.1, 0.15) is 31.7 Å². The molecule has 2 unspecified atom stereocenters. The van der Waals surface area contributed by atoms with E-state index in [1.54, 1.807) is 7.11 Å². The van der Waals surface area contributed by atoms with Gasteiger partial charge in [0.05, 0.1) is 24.5 Å². The third-order valence-electron chi connectivity index (χ3n) is 5.17. The number of sulfone groups is 1. The SMILES string of the molecule is COc1ccc(CN(C(=O)C2CCS(=O)(=O)C2)C(C)C2CC2)cc1. The number of hydrogen-bond acceptors (Lipinski definition) is 4. The van der Waals surface area contributed by atoms with Crippen molar-refractivity contribution >= 4 is 15.7 Å². The molecular formula is C18H25NO4S. The lowest BCUT2D eigenvalue weighted by Crippen LogP contribution is -2.43. The number of ether oxygens (including phenoxy) is 1. The molecule has 24 heavy (non-hydrogen) atoms. The van der Waals surface area contributed by atoms with Crippen LogP contribution in [0.2, 0.25) is 0 Å². The Labute approximate surface area is 143 Å². The van der Waals surface area contributed by atoms with Gasteiger partial charge in [0.2, 0.25) is 5.91 Å². The smallest absolute Gasteiger partial charge is 0.227 e. The first-order valence-electron chi connectivity index (χ1n) is 8.53. The molecule has 1 aromatic carbocycles. The van der Waals surface area contributed by atoms with Crippen molar-refractivity contribution in [2.24, 2.45) is 11.8 Å². The van der Waals surface area contributed by atoms with Crippen LogP contribution in [0.25, 0.3) is 0 Å². The Hall–Kier alpha value is -1.56. The van der Waals surface area contributed by atoms with E-state index in [9.17, 15) is 13.2 Å². The molecule has 0 spiro atoms. The van der Waals surface area contributed by atoms with Gasteiger partial charge >= 0.3 is 0 Å². The summed E-state index contributed by atoms with van der Waals surface area (Å²) in [5, 5.41) is 0. The Bertz CT molecular complexity index is 694. The van der Waals surface area contributed by atoms with Gasteiger partial charge in [-0.1, -0.05) is 12.1 Å². The molecule has 1 aliphatic heterocycles. The molecule has 0 bridgehead atoms. The maximum absolute atomic E-state index is 13.0. The van der Waals surface area contributed by atoms with Crippen LogP contribution in [-0.2, 0) is 21.2 Å². The van der Waals surface area contributed by atoms with E-state index in [0.29, 0.717) is 18.9 Å². The van der Waals surface area contributed by atoms with Crippen LogP contribution in [0.5, 0.6) is 5.75 Å². The molecule has 0 radical (unpaired) electrons. The molecule has 1 amide bonds. The number of carbonyl (C=O) groups is 1. The first-order valence-corrected chi connectivity index (χ1v) is 10.4. The Morgan fingerprint density at radius 2 is 1.92 bits per heavy atom. The highest BCUT2D eigenvalue weighted by molar-refractivity contribution is 7.91. The van der Waals surface area contributed by atoms with E-state index in [1.807, 2.05) is 29.2 Å². The lowest BCUT2D eigenvalue weighted by Gasteiger charge is -2.31. The van der Waals surface area contributed by atoms with Gasteiger partial charge in [-0.2, -0.15) is 0 Å². The number of benzene rings is 1. The average molecular weight is 351 g/mol. The summed E-state index contributed by atoms with van der Waals surface area (Å²) in [5.74, 6) is 1.08. The zero-order valence-electron chi connectivity index (χ0n) is 14.3. The summed E-state index contributed by atoms with van der Waals surface area (Å²) in [6, 6.07) is 7.86. The maximum Gasteiger partial charge on any atom is 0.227 e. The van der Waals surface area contributed by atoms with Crippen LogP contribution in [0.15, 0.2) is 24.3 Å². The van der Waals surface area contributed by atoms with Crippen molar-refractivity contribution in [1.82, 2.24) is 4.90 Å². The molecule has 132 valence electrons. The molecule has 2 atom stereocenters. The molecule has 3 rings (SSSR count). The quantitative estimate of drug-likeness (QED) is 0.789. The number of hydrogen-bond donors (Lipinski definition) is 0. The molecule has 1 saturated carbocycles. The summed E-state index contributed by atoms with van der Waals surface area (Å²) in [5.41, 5.74) is 1.04. The summed E-state index contributed by atoms with van der Waals surface area (Å²) >= 11 is 0. The van der Waals surface area contributed by atoms with Crippen LogP contribution >= 0.6 is 0 Å². The van der Waals surface area contributed by atoms with Crippen LogP contribution in [0.4, 0.5) is 0 Å². The summed E-state index contributed by atoms with van der Waals surface area (Å²) < 4.78 is 28.6. The zero-order chi connectivity index (χ0) is 17.3. The summed E-state index contributed by atoms with van der Waals surface area (Å²) in [6.45, 7) is 2.61. The maximum atomic E-state index is 13.0. The fraction of sp³-hybridized carbons (Fsp3) is 0.611. The standard InChI is InChI=1S/C18H25NO4S/c1-13(15-5-6-15)19(11-14-3-7-17(23-2)8-4-14)18(20)16-9-10-24(21,22)12-16/h3-4,7-8,13,15-16H,5-6,9-12H2,1-2H3. The fourth-order valence-corrected chi connectivity index (χ4v) is 5.14. The predicted octanol–water partition coefficient (Wildman–Crippen LogP) is 2.26. The largest absolute Gasteiger partial charge is 0.497 e. The van der Waals surface area contributed by atoms with E-state index in [-0.39, 0.29) is 29.4 Å². The Kier molecular flexibility index (Phi) is 4.85. The van der Waals surface area contributed by atoms with E-state index >= 15 is 0 Å². The summed E-state index contributed by atoms with van der Waals surface area (Å²) in [4.78, 5) is 14.9. The molecule has 1 aliphatic carbocycles. The van der Waals surface area contributed by atoms with Gasteiger partial charge in [-0.05, 0) is 49.8 Å². The van der Waals surface area contributed by atoms with E-state index in [2.05, 4.69) is 6.92 Å². The van der Waals surface area contributed by atoms with Crippen LogP contribution in [0, 0.1) is 11.8 Å². The van der Waals surface area contributed by atoms with Gasteiger partial charge in [0.15, 0.2) is 9.84 Å². The van der Waals surface area contributed by atoms with Gasteiger partial charge in [-0.3, -0.25) is 4.79 Å². The minimum atomic E-state index is -3.05. The molecule has 5 nitrogen and oxygen atoms in total. The second kappa shape index (κ2) is 6.75. The minimum absolute atomic E-state index is 0.00231. The highest BCUT2D eigenvalue weighted by Gasteiger charge is 2.40. The van der Waals surface area contributed by atoms with Gasteiger partial charge in [0.25, 0.3) is 0 Å². The van der Waals surface area contributed by atoms with Crippen molar-refractivity contribution in [2.45, 2.75) is 38.8 Å². The number of amides is 1. The third kappa shape index (κ3) is 3.91. The van der Waals surface area contributed by atoms with Gasteiger partial charge in [-0.25, -0.2) is 8.42 Å². The van der Waals surface area contributed by atoms with Gasteiger partial charge in [0, 0.05) is 12.6 Å². The number of nitrogens with zero attached hydrogens (tertiary/aromatic N) is 1. The molecule has 2 aliphatic rings. The molecule has 6 heteroatoms. The lowest BCUT2D eigenvalue weighted by atomic mass is 10.0. The Balaban J connectivity index is 1.76. The third-order valence-corrected chi connectivity index (χ3v) is 6.94. The topological polar surface area (TPSA) is 63.7 Å². The van der Waals surface area contributed by atoms with E-state index in [1.165, 1.54) is 0 Å². The molecule has 1 saturated heterocycles. The van der Waals surface area contributed by atoms with Crippen molar-refractivity contribution in [2.75, 3.05) is 18.6 Å². The van der Waals surface area contributed by atoms with Crippen molar-refractivity contribution in [3.05, 3.63) is 29.8 Å². The Morgan fingerprint density at radius 1 is 1.25 bits per heavy atom. The van der Waals surface area contributed by atoms with Gasteiger partial charge < -0.3 is 9.64 Å². The molecule has 0 N–H and O–H groups in total. The van der Waals surface area contributed by atoms with Crippen molar-refractivity contribution in [3.63, 3.8) is 0 Å². The second-order valence-corrected chi connectivity index (χ2v) is 9.22. The average Bonchev–Trinajstić information content (AvgIpc) is 3.35. The summed E-state index contributed by atoms with van der Waals surface area (Å²) in [6.07, 6.45) is 2.75. The molecule has 1 heterocycles. The predicted molar refractivity (Wildman–Crippen MR) is 92.5 cm³/mol. The van der Waals surface area contributed by atoms with Gasteiger partial charge in [0.1, 0.15) is 5.75 Å². The van der Waals surface area contributed by atoms with Gasteiger partial charge in [-0.15, -0.1) is 0 Å². The number of carbonyl (C=O) groups excluding carboxylic acids is 1. The summed E-state index contributed by atoms with van der Waals surface area (Å²) in [7, 11) is -1.42. The first-order chi connectivity index (χ1) is 11.4. The lowest BCUT2D eigenvalue weighted by molar-refractivity contribution is -0.138. The normalized spacial score (nSPS) is 23.7. The minimum Gasteiger partial charge on any atom is -0.497 e. The number of rotatable bonds is 6. The zero-order valence-corrected chi connectivity index (χ0v) is 15.1. The van der Waals surface area contributed by atoms with E-state index in [0.717, 1.165) is 24.2 Å². The van der Waals surface area contributed by atoms with E-state index in [4.69, 9.17) is 4.74 Å². The van der Waals surface area contributed by atoms with Crippen LogP contribution in [0.3, 0.4) is 0 Å². The fourth-order valence-electron chi connectivity index (χ4n) is 3.41. The van der Waals surface area contributed by atoms with Crippen molar-refractivity contribution in [1.29, 1.82) is 0 Å². The van der Waals surface area contributed by atoms with Crippen molar-refractivity contribution in [3.8, 4) is 5.75 Å². The molecule has 1 aromatic rings. The molecular weight excluding hydrogens is 326 g/mol. The molecule has 2 fully saturated rings. The first kappa shape index (κ1) is 17.3. The highest BCUT2D eigenvalue weighted by atomic mass is 32.2. The van der Waals surface area contributed by atoms with Crippen LogP contribution in [-0.4, -0.2) is 43.9 Å².